The molecule has 4 heteroatoms. The molecule has 0 saturated carbocycles. The zero-order chi connectivity index (χ0) is 11.3. The first kappa shape index (κ1) is 11.3. The molecule has 1 aromatic carbocycles. The van der Waals surface area contributed by atoms with E-state index in [-0.39, 0.29) is 0 Å². The van der Waals surface area contributed by atoms with Gasteiger partial charge >= 0.3 is 0 Å². The molecule has 0 bridgehead atoms. The molecule has 0 aliphatic heterocycles. The van der Waals surface area contributed by atoms with Gasteiger partial charge in [-0.2, -0.15) is 0 Å². The third kappa shape index (κ3) is 3.11. The van der Waals surface area contributed by atoms with Crippen LogP contribution < -0.4 is 16.2 Å². The number of rotatable bonds is 5. The second-order valence-corrected chi connectivity index (χ2v) is 3.10. The van der Waals surface area contributed by atoms with Crippen molar-refractivity contribution in [3.8, 4) is 5.75 Å². The minimum Gasteiger partial charge on any atom is -0.488 e. The van der Waals surface area contributed by atoms with E-state index >= 15 is 0 Å². The number of carbonyl (C=O) groups is 1. The van der Waals surface area contributed by atoms with E-state index < -0.39 is 5.91 Å². The average Bonchev–Trinajstić information content (AvgIpc) is 2.26. The number of primary amides is 1. The highest BCUT2D eigenvalue weighted by atomic mass is 16.5. The highest BCUT2D eigenvalue weighted by Gasteiger charge is 2.07. The number of benzene rings is 1. The summed E-state index contributed by atoms with van der Waals surface area (Å²) in [6.07, 6.45) is 0. The van der Waals surface area contributed by atoms with Crippen molar-refractivity contribution in [2.75, 3.05) is 13.2 Å². The van der Waals surface area contributed by atoms with E-state index in [0.29, 0.717) is 24.5 Å². The van der Waals surface area contributed by atoms with Gasteiger partial charge in [0.2, 0.25) is 0 Å². The Morgan fingerprint density at radius 2 is 2.07 bits per heavy atom. The van der Waals surface area contributed by atoms with E-state index in [4.69, 9.17) is 16.2 Å². The van der Waals surface area contributed by atoms with Crippen LogP contribution in [0.25, 0.3) is 0 Å². The van der Waals surface area contributed by atoms with Gasteiger partial charge in [-0.25, -0.2) is 0 Å². The van der Waals surface area contributed by atoms with Crippen LogP contribution in [0.2, 0.25) is 0 Å². The number of amides is 1. The van der Waals surface area contributed by atoms with Crippen molar-refractivity contribution in [3.05, 3.63) is 42.0 Å². The summed E-state index contributed by atoms with van der Waals surface area (Å²) in [6, 6.07) is 6.80. The van der Waals surface area contributed by atoms with E-state index in [9.17, 15) is 4.79 Å². The zero-order valence-corrected chi connectivity index (χ0v) is 8.40. The van der Waals surface area contributed by atoms with Crippen LogP contribution in [0.1, 0.15) is 10.4 Å². The highest BCUT2D eigenvalue weighted by molar-refractivity contribution is 5.95. The maximum Gasteiger partial charge on any atom is 0.252 e. The Labute approximate surface area is 88.5 Å². The monoisotopic (exact) mass is 206 g/mol. The van der Waals surface area contributed by atoms with Gasteiger partial charge < -0.3 is 16.2 Å². The minimum absolute atomic E-state index is 0.292. The van der Waals surface area contributed by atoms with Crippen LogP contribution in [0.4, 0.5) is 0 Å². The Morgan fingerprint density at radius 1 is 1.40 bits per heavy atom. The van der Waals surface area contributed by atoms with Gasteiger partial charge in [0, 0.05) is 6.54 Å². The van der Waals surface area contributed by atoms with E-state index in [0.717, 1.165) is 5.57 Å². The summed E-state index contributed by atoms with van der Waals surface area (Å²) in [5.74, 6) is -0.0523. The molecule has 4 nitrogen and oxygen atoms in total. The van der Waals surface area contributed by atoms with Crippen LogP contribution in [0.5, 0.6) is 5.75 Å². The number of nitrogens with two attached hydrogens (primary N) is 2. The molecule has 0 aliphatic rings. The third-order valence-electron chi connectivity index (χ3n) is 1.87. The summed E-state index contributed by atoms with van der Waals surface area (Å²) in [5, 5.41) is 0. The molecule has 0 spiro atoms. The summed E-state index contributed by atoms with van der Waals surface area (Å²) < 4.78 is 5.37. The first-order valence-corrected chi connectivity index (χ1v) is 4.53. The third-order valence-corrected chi connectivity index (χ3v) is 1.87. The van der Waals surface area contributed by atoms with Crippen LogP contribution in [0.15, 0.2) is 36.4 Å². The molecule has 15 heavy (non-hydrogen) atoms. The topological polar surface area (TPSA) is 78.3 Å². The van der Waals surface area contributed by atoms with Gasteiger partial charge in [0.15, 0.2) is 0 Å². The van der Waals surface area contributed by atoms with Gasteiger partial charge in [0.25, 0.3) is 5.91 Å². The first-order chi connectivity index (χ1) is 7.15. The van der Waals surface area contributed by atoms with Crippen LogP contribution >= 0.6 is 0 Å². The molecule has 0 unspecified atom stereocenters. The molecule has 4 N–H and O–H groups in total. The summed E-state index contributed by atoms with van der Waals surface area (Å²) in [4.78, 5) is 11.0. The van der Waals surface area contributed by atoms with Crippen LogP contribution in [-0.4, -0.2) is 19.1 Å². The lowest BCUT2D eigenvalue weighted by atomic mass is 10.2. The summed E-state index contributed by atoms with van der Waals surface area (Å²) in [5.41, 5.74) is 11.7. The second kappa shape index (κ2) is 5.17. The zero-order valence-electron chi connectivity index (χ0n) is 8.40. The lowest BCUT2D eigenvalue weighted by Gasteiger charge is -2.09. The van der Waals surface area contributed by atoms with Crippen molar-refractivity contribution in [2.24, 2.45) is 11.5 Å². The Bertz CT molecular complexity index is 375. The Kier molecular flexibility index (Phi) is 3.88. The molecule has 0 aromatic heterocycles. The van der Waals surface area contributed by atoms with E-state index in [1.807, 2.05) is 0 Å². The van der Waals surface area contributed by atoms with E-state index in [1.165, 1.54) is 0 Å². The minimum atomic E-state index is -0.510. The summed E-state index contributed by atoms with van der Waals surface area (Å²) in [6.45, 7) is 4.35. The normalized spacial score (nSPS) is 9.67. The molecule has 80 valence electrons. The first-order valence-electron chi connectivity index (χ1n) is 4.53. The molecular weight excluding hydrogens is 192 g/mol. The number of ether oxygens (including phenoxy) is 1. The predicted molar refractivity (Wildman–Crippen MR) is 58.6 cm³/mol. The number of hydrogen-bond acceptors (Lipinski definition) is 3. The van der Waals surface area contributed by atoms with E-state index in [2.05, 4.69) is 6.58 Å². The predicted octanol–water partition coefficient (Wildman–Crippen LogP) is 0.679. The SMILES string of the molecule is C=C(CN)COc1ccccc1C(N)=O. The largest absolute Gasteiger partial charge is 0.488 e. The fraction of sp³-hybridized carbons (Fsp3) is 0.182. The lowest BCUT2D eigenvalue weighted by Crippen LogP contribution is -2.15. The van der Waals surface area contributed by atoms with Gasteiger partial charge in [-0.05, 0) is 17.7 Å². The number of carbonyl (C=O) groups excluding carboxylic acids is 1. The molecule has 1 aromatic rings. The molecule has 0 fully saturated rings. The highest BCUT2D eigenvalue weighted by Crippen LogP contribution is 2.17. The van der Waals surface area contributed by atoms with Crippen LogP contribution in [0, 0.1) is 0 Å². The summed E-state index contributed by atoms with van der Waals surface area (Å²) in [7, 11) is 0. The summed E-state index contributed by atoms with van der Waals surface area (Å²) >= 11 is 0. The van der Waals surface area contributed by atoms with Crippen molar-refractivity contribution in [1.29, 1.82) is 0 Å². The Balaban J connectivity index is 2.76. The molecule has 0 radical (unpaired) electrons. The van der Waals surface area contributed by atoms with Gasteiger partial charge in [0.05, 0.1) is 5.56 Å². The molecule has 1 rings (SSSR count). The fourth-order valence-corrected chi connectivity index (χ4v) is 1.03. The van der Waals surface area contributed by atoms with Gasteiger partial charge in [-0.1, -0.05) is 18.7 Å². The number of hydrogen-bond donors (Lipinski definition) is 2. The molecular formula is C11H14N2O2. The van der Waals surface area contributed by atoms with Crippen molar-refractivity contribution in [3.63, 3.8) is 0 Å². The standard InChI is InChI=1S/C11H14N2O2/c1-8(6-12)7-15-10-5-3-2-4-9(10)11(13)14/h2-5H,1,6-7,12H2,(H2,13,14). The van der Waals surface area contributed by atoms with E-state index in [1.54, 1.807) is 24.3 Å². The average molecular weight is 206 g/mol. The van der Waals surface area contributed by atoms with Crippen molar-refractivity contribution in [1.82, 2.24) is 0 Å². The molecule has 0 atom stereocenters. The lowest BCUT2D eigenvalue weighted by molar-refractivity contribution is 0.0997. The van der Waals surface area contributed by atoms with Gasteiger partial charge in [0.1, 0.15) is 12.4 Å². The van der Waals surface area contributed by atoms with Gasteiger partial charge in [-0.3, -0.25) is 4.79 Å². The number of para-hydroxylation sites is 1. The maximum absolute atomic E-state index is 11.0. The van der Waals surface area contributed by atoms with Crippen LogP contribution in [-0.2, 0) is 0 Å². The maximum atomic E-state index is 11.0. The molecule has 0 heterocycles. The van der Waals surface area contributed by atoms with Crippen molar-refractivity contribution >= 4 is 5.91 Å². The van der Waals surface area contributed by atoms with Crippen molar-refractivity contribution in [2.45, 2.75) is 0 Å². The van der Waals surface area contributed by atoms with Gasteiger partial charge in [-0.15, -0.1) is 0 Å². The Morgan fingerprint density at radius 3 is 2.67 bits per heavy atom. The second-order valence-electron chi connectivity index (χ2n) is 3.10. The smallest absolute Gasteiger partial charge is 0.252 e. The molecule has 0 aliphatic carbocycles. The fourth-order valence-electron chi connectivity index (χ4n) is 1.03. The van der Waals surface area contributed by atoms with Crippen molar-refractivity contribution < 1.29 is 9.53 Å². The van der Waals surface area contributed by atoms with Crippen LogP contribution in [0.3, 0.4) is 0 Å². The quantitative estimate of drug-likeness (QED) is 0.695. The molecule has 1 amide bonds. The Hall–Kier alpha value is -1.81. The molecule has 0 saturated heterocycles.